The van der Waals surface area contributed by atoms with Crippen LogP contribution in [-0.4, -0.2) is 20.7 Å². The molecule has 2 rings (SSSR count). The second kappa shape index (κ2) is 7.40. The van der Waals surface area contributed by atoms with Crippen LogP contribution in [0, 0.1) is 12.7 Å². The van der Waals surface area contributed by atoms with Crippen molar-refractivity contribution in [2.45, 2.75) is 16.9 Å². The standard InChI is InChI=1S/C14H16FNO2S3/c1-11-6-7-14(20-11)21(17,18)16-8-9-19-10-12-4-2-3-5-13(12)15/h2-7,16H,8-10H2,1H3. The summed E-state index contributed by atoms with van der Waals surface area (Å²) in [5.41, 5.74) is 0.638. The average molecular weight is 345 g/mol. The summed E-state index contributed by atoms with van der Waals surface area (Å²) in [7, 11) is -3.41. The second-order valence-electron chi connectivity index (χ2n) is 4.41. The second-order valence-corrected chi connectivity index (χ2v) is 8.79. The van der Waals surface area contributed by atoms with Gasteiger partial charge in [0.15, 0.2) is 0 Å². The quantitative estimate of drug-likeness (QED) is 0.782. The number of hydrogen-bond donors (Lipinski definition) is 1. The third-order valence-electron chi connectivity index (χ3n) is 2.73. The van der Waals surface area contributed by atoms with Gasteiger partial charge in [0.25, 0.3) is 0 Å². The Balaban J connectivity index is 1.76. The Morgan fingerprint density at radius 2 is 2.00 bits per heavy atom. The number of aryl methyl sites for hydroxylation is 1. The Labute approximate surface area is 132 Å². The van der Waals surface area contributed by atoms with Gasteiger partial charge in [0, 0.05) is 22.9 Å². The van der Waals surface area contributed by atoms with E-state index in [9.17, 15) is 12.8 Å². The van der Waals surface area contributed by atoms with E-state index in [1.807, 2.05) is 6.92 Å². The van der Waals surface area contributed by atoms with Gasteiger partial charge in [-0.25, -0.2) is 17.5 Å². The van der Waals surface area contributed by atoms with Gasteiger partial charge in [0.2, 0.25) is 10.0 Å². The Bertz CT molecular complexity index is 698. The molecule has 0 amide bonds. The minimum Gasteiger partial charge on any atom is -0.210 e. The number of benzene rings is 1. The topological polar surface area (TPSA) is 46.2 Å². The summed E-state index contributed by atoms with van der Waals surface area (Å²) >= 11 is 2.75. The van der Waals surface area contributed by atoms with Crippen molar-refractivity contribution in [2.75, 3.05) is 12.3 Å². The largest absolute Gasteiger partial charge is 0.250 e. The van der Waals surface area contributed by atoms with Gasteiger partial charge in [-0.05, 0) is 30.7 Å². The first kappa shape index (κ1) is 16.5. The molecule has 0 saturated heterocycles. The lowest BCUT2D eigenvalue weighted by atomic mass is 10.2. The molecule has 114 valence electrons. The molecule has 3 nitrogen and oxygen atoms in total. The molecule has 0 radical (unpaired) electrons. The van der Waals surface area contributed by atoms with E-state index in [0.29, 0.717) is 27.8 Å². The molecule has 21 heavy (non-hydrogen) atoms. The molecular weight excluding hydrogens is 329 g/mol. The fourth-order valence-corrected chi connectivity index (χ4v) is 5.01. The molecule has 0 fully saturated rings. The van der Waals surface area contributed by atoms with Crippen LogP contribution in [0.25, 0.3) is 0 Å². The molecule has 0 aliphatic carbocycles. The lowest BCUT2D eigenvalue weighted by Gasteiger charge is -2.05. The highest BCUT2D eigenvalue weighted by molar-refractivity contribution is 7.98. The lowest BCUT2D eigenvalue weighted by molar-refractivity contribution is 0.586. The van der Waals surface area contributed by atoms with Crippen molar-refractivity contribution >= 4 is 33.1 Å². The third kappa shape index (κ3) is 4.81. The number of sulfonamides is 1. The zero-order valence-corrected chi connectivity index (χ0v) is 14.0. The molecule has 1 heterocycles. The molecule has 1 aromatic carbocycles. The van der Waals surface area contributed by atoms with Gasteiger partial charge in [0.05, 0.1) is 0 Å². The van der Waals surface area contributed by atoms with E-state index < -0.39 is 10.0 Å². The van der Waals surface area contributed by atoms with Crippen LogP contribution in [-0.2, 0) is 15.8 Å². The van der Waals surface area contributed by atoms with Crippen molar-refractivity contribution in [3.63, 3.8) is 0 Å². The molecule has 0 aliphatic heterocycles. The first-order chi connectivity index (χ1) is 9.99. The number of nitrogens with one attached hydrogen (secondary N) is 1. The van der Waals surface area contributed by atoms with Crippen molar-refractivity contribution in [3.05, 3.63) is 52.7 Å². The van der Waals surface area contributed by atoms with Crippen LogP contribution in [0.5, 0.6) is 0 Å². The van der Waals surface area contributed by atoms with Crippen molar-refractivity contribution in [1.82, 2.24) is 4.72 Å². The molecule has 7 heteroatoms. The molecule has 0 unspecified atom stereocenters. The third-order valence-corrected chi connectivity index (χ3v) is 6.70. The minimum absolute atomic E-state index is 0.223. The lowest BCUT2D eigenvalue weighted by Crippen LogP contribution is -2.25. The minimum atomic E-state index is -3.41. The number of rotatable bonds is 7. The van der Waals surface area contributed by atoms with Gasteiger partial charge >= 0.3 is 0 Å². The van der Waals surface area contributed by atoms with E-state index in [1.54, 1.807) is 30.3 Å². The Morgan fingerprint density at radius 3 is 2.67 bits per heavy atom. The van der Waals surface area contributed by atoms with E-state index in [2.05, 4.69) is 4.72 Å². The Morgan fingerprint density at radius 1 is 1.24 bits per heavy atom. The first-order valence-electron chi connectivity index (χ1n) is 6.36. The van der Waals surface area contributed by atoms with E-state index in [4.69, 9.17) is 0 Å². The number of hydrogen-bond acceptors (Lipinski definition) is 4. The zero-order valence-electron chi connectivity index (χ0n) is 11.5. The van der Waals surface area contributed by atoms with Gasteiger partial charge < -0.3 is 0 Å². The van der Waals surface area contributed by atoms with Crippen LogP contribution in [0.15, 0.2) is 40.6 Å². The molecule has 0 spiro atoms. The van der Waals surface area contributed by atoms with Crippen LogP contribution in [0.2, 0.25) is 0 Å². The normalized spacial score (nSPS) is 11.7. The highest BCUT2D eigenvalue weighted by Gasteiger charge is 2.15. The molecule has 1 aromatic heterocycles. The first-order valence-corrected chi connectivity index (χ1v) is 9.82. The van der Waals surface area contributed by atoms with Gasteiger partial charge in [-0.1, -0.05) is 18.2 Å². The fourth-order valence-electron chi connectivity index (χ4n) is 1.67. The van der Waals surface area contributed by atoms with Crippen LogP contribution in [0.1, 0.15) is 10.4 Å². The van der Waals surface area contributed by atoms with Crippen LogP contribution in [0.4, 0.5) is 4.39 Å². The number of thioether (sulfide) groups is 1. The average Bonchev–Trinajstić information content (AvgIpc) is 2.88. The van der Waals surface area contributed by atoms with E-state index in [0.717, 1.165) is 4.88 Å². The maximum Gasteiger partial charge on any atom is 0.250 e. The maximum absolute atomic E-state index is 13.4. The summed E-state index contributed by atoms with van der Waals surface area (Å²) in [6.07, 6.45) is 0. The molecule has 0 saturated carbocycles. The highest BCUT2D eigenvalue weighted by atomic mass is 32.2. The fraction of sp³-hybridized carbons (Fsp3) is 0.286. The van der Waals surface area contributed by atoms with Crippen molar-refractivity contribution in [1.29, 1.82) is 0 Å². The molecule has 1 N–H and O–H groups in total. The Kier molecular flexibility index (Phi) is 5.80. The smallest absolute Gasteiger partial charge is 0.210 e. The van der Waals surface area contributed by atoms with Crippen molar-refractivity contribution < 1.29 is 12.8 Å². The van der Waals surface area contributed by atoms with Gasteiger partial charge in [0.1, 0.15) is 10.0 Å². The van der Waals surface area contributed by atoms with E-state index >= 15 is 0 Å². The Hall–Kier alpha value is -0.890. The van der Waals surface area contributed by atoms with Gasteiger partial charge in [-0.15, -0.1) is 11.3 Å². The van der Waals surface area contributed by atoms with Gasteiger partial charge in [-0.3, -0.25) is 0 Å². The predicted molar refractivity (Wildman–Crippen MR) is 86.8 cm³/mol. The molecular formula is C14H16FNO2S3. The van der Waals surface area contributed by atoms with Crippen LogP contribution in [0.3, 0.4) is 0 Å². The summed E-state index contributed by atoms with van der Waals surface area (Å²) < 4.78 is 40.2. The van der Waals surface area contributed by atoms with E-state index in [-0.39, 0.29) is 5.82 Å². The van der Waals surface area contributed by atoms with Crippen molar-refractivity contribution in [3.8, 4) is 0 Å². The van der Waals surface area contributed by atoms with Gasteiger partial charge in [-0.2, -0.15) is 11.8 Å². The molecule has 0 atom stereocenters. The summed E-state index contributed by atoms with van der Waals surface area (Å²) in [5, 5.41) is 0. The van der Waals surface area contributed by atoms with Crippen molar-refractivity contribution in [2.24, 2.45) is 0 Å². The SMILES string of the molecule is Cc1ccc(S(=O)(=O)NCCSCc2ccccc2F)s1. The van der Waals surface area contributed by atoms with Crippen LogP contribution >= 0.6 is 23.1 Å². The predicted octanol–water partition coefficient (Wildman–Crippen LogP) is 3.41. The molecule has 2 aromatic rings. The van der Waals surface area contributed by atoms with E-state index in [1.165, 1.54) is 29.2 Å². The maximum atomic E-state index is 13.4. The summed E-state index contributed by atoms with van der Waals surface area (Å²) in [6.45, 7) is 2.20. The molecule has 0 aliphatic rings. The number of thiophene rings is 1. The van der Waals surface area contributed by atoms with Crippen LogP contribution < -0.4 is 4.72 Å². The molecule has 0 bridgehead atoms. The summed E-state index contributed by atoms with van der Waals surface area (Å²) in [6, 6.07) is 10.0. The summed E-state index contributed by atoms with van der Waals surface area (Å²) in [4.78, 5) is 0.962. The number of halogens is 1. The zero-order chi connectivity index (χ0) is 15.3. The summed E-state index contributed by atoms with van der Waals surface area (Å²) in [5.74, 6) is 0.907. The highest BCUT2D eigenvalue weighted by Crippen LogP contribution is 2.20. The monoisotopic (exact) mass is 345 g/mol.